The molecule has 0 radical (unpaired) electrons. The van der Waals surface area contributed by atoms with Crippen LogP contribution >= 0.6 is 11.3 Å². The van der Waals surface area contributed by atoms with Crippen LogP contribution in [0.25, 0.3) is 0 Å². The van der Waals surface area contributed by atoms with Crippen LogP contribution in [0.4, 0.5) is 5.69 Å². The topological polar surface area (TPSA) is 58.6 Å². The number of carbonyl (C=O) groups is 2. The van der Waals surface area contributed by atoms with Gasteiger partial charge in [-0.2, -0.15) is 0 Å². The highest BCUT2D eigenvalue weighted by molar-refractivity contribution is 7.10. The van der Waals surface area contributed by atoms with Gasteiger partial charge in [-0.3, -0.25) is 9.59 Å². The van der Waals surface area contributed by atoms with E-state index >= 15 is 0 Å². The van der Waals surface area contributed by atoms with Gasteiger partial charge in [0.2, 0.25) is 5.91 Å². The Morgan fingerprint density at radius 1 is 1.29 bits per heavy atom. The Morgan fingerprint density at radius 3 is 2.71 bits per heavy atom. The van der Waals surface area contributed by atoms with E-state index in [0.29, 0.717) is 18.7 Å². The summed E-state index contributed by atoms with van der Waals surface area (Å²) < 4.78 is 5.50. The normalized spacial score (nSPS) is 14.0. The van der Waals surface area contributed by atoms with Crippen molar-refractivity contribution in [3.8, 4) is 5.75 Å². The molecule has 0 atom stereocenters. The minimum atomic E-state index is -0.151. The molecule has 5 nitrogen and oxygen atoms in total. The average molecular weight is 344 g/mol. The summed E-state index contributed by atoms with van der Waals surface area (Å²) >= 11 is 1.63. The van der Waals surface area contributed by atoms with E-state index < -0.39 is 0 Å². The zero-order valence-corrected chi connectivity index (χ0v) is 14.4. The summed E-state index contributed by atoms with van der Waals surface area (Å²) in [7, 11) is 0. The molecule has 0 unspecified atom stereocenters. The molecule has 2 aromatic rings. The number of ether oxygens (including phenoxy) is 1. The predicted octanol–water partition coefficient (Wildman–Crippen LogP) is 2.88. The zero-order valence-electron chi connectivity index (χ0n) is 13.6. The van der Waals surface area contributed by atoms with E-state index in [2.05, 4.69) is 5.32 Å². The third-order valence-electron chi connectivity index (χ3n) is 4.01. The van der Waals surface area contributed by atoms with Gasteiger partial charge in [-0.1, -0.05) is 0 Å². The van der Waals surface area contributed by atoms with Crippen LogP contribution in [-0.2, 0) is 16.1 Å². The lowest BCUT2D eigenvalue weighted by Crippen LogP contribution is -2.28. The Hall–Kier alpha value is -2.34. The third kappa shape index (κ3) is 3.94. The Labute approximate surface area is 145 Å². The van der Waals surface area contributed by atoms with Gasteiger partial charge in [0.15, 0.2) is 6.61 Å². The van der Waals surface area contributed by atoms with Crippen molar-refractivity contribution in [2.24, 2.45) is 0 Å². The molecule has 3 rings (SSSR count). The zero-order chi connectivity index (χ0) is 16.9. The van der Waals surface area contributed by atoms with Crippen LogP contribution in [0.3, 0.4) is 0 Å². The molecule has 6 heteroatoms. The van der Waals surface area contributed by atoms with Crippen molar-refractivity contribution in [3.05, 3.63) is 46.2 Å². The molecule has 0 aliphatic carbocycles. The number of nitrogens with zero attached hydrogens (tertiary/aromatic N) is 1. The van der Waals surface area contributed by atoms with Crippen molar-refractivity contribution >= 4 is 28.8 Å². The molecule has 2 heterocycles. The van der Waals surface area contributed by atoms with Crippen LogP contribution in [0.2, 0.25) is 0 Å². The number of rotatable bonds is 6. The summed E-state index contributed by atoms with van der Waals surface area (Å²) in [5.74, 6) is 0.626. The molecule has 1 aliphatic heterocycles. The van der Waals surface area contributed by atoms with E-state index in [1.807, 2.05) is 30.5 Å². The maximum Gasteiger partial charge on any atom is 0.258 e. The van der Waals surface area contributed by atoms with E-state index in [9.17, 15) is 9.59 Å². The first-order chi connectivity index (χ1) is 11.6. The molecule has 1 aromatic carbocycles. The number of hydrogen-bond acceptors (Lipinski definition) is 4. The lowest BCUT2D eigenvalue weighted by Gasteiger charge is -2.16. The standard InChI is InChI=1S/C18H20N2O3S/c1-13-8-10-24-16(13)11-19-17(21)12-23-15-6-4-14(5-7-15)20-9-2-3-18(20)22/h4-8,10H,2-3,9,11-12H2,1H3,(H,19,21). The van der Waals surface area contributed by atoms with E-state index in [4.69, 9.17) is 4.74 Å². The van der Waals surface area contributed by atoms with E-state index in [0.717, 1.165) is 23.5 Å². The number of benzene rings is 1. The number of amides is 2. The fraction of sp³-hybridized carbons (Fsp3) is 0.333. The van der Waals surface area contributed by atoms with Gasteiger partial charge >= 0.3 is 0 Å². The summed E-state index contributed by atoms with van der Waals surface area (Å²) in [4.78, 5) is 26.5. The molecule has 1 saturated heterocycles. The molecule has 0 spiro atoms. The van der Waals surface area contributed by atoms with Crippen molar-refractivity contribution in [2.75, 3.05) is 18.1 Å². The number of nitrogens with one attached hydrogen (secondary N) is 1. The summed E-state index contributed by atoms with van der Waals surface area (Å²) in [5, 5.41) is 4.87. The molecule has 0 saturated carbocycles. The van der Waals surface area contributed by atoms with Gasteiger partial charge in [-0.25, -0.2) is 0 Å². The number of hydrogen-bond donors (Lipinski definition) is 1. The maximum atomic E-state index is 11.9. The van der Waals surface area contributed by atoms with Crippen LogP contribution in [-0.4, -0.2) is 25.0 Å². The summed E-state index contributed by atoms with van der Waals surface area (Å²) in [6.45, 7) is 3.30. The monoisotopic (exact) mass is 344 g/mol. The van der Waals surface area contributed by atoms with Gasteiger partial charge in [-0.05, 0) is 54.6 Å². The van der Waals surface area contributed by atoms with Crippen LogP contribution in [0, 0.1) is 6.92 Å². The van der Waals surface area contributed by atoms with Crippen LogP contribution < -0.4 is 15.0 Å². The molecule has 2 amide bonds. The smallest absolute Gasteiger partial charge is 0.258 e. The largest absolute Gasteiger partial charge is 0.484 e. The quantitative estimate of drug-likeness (QED) is 0.877. The Bertz CT molecular complexity index is 724. The van der Waals surface area contributed by atoms with Gasteiger partial charge in [0.1, 0.15) is 5.75 Å². The predicted molar refractivity (Wildman–Crippen MR) is 94.4 cm³/mol. The van der Waals surface area contributed by atoms with Gasteiger partial charge < -0.3 is 15.0 Å². The molecule has 1 N–H and O–H groups in total. The van der Waals surface area contributed by atoms with Gasteiger partial charge in [0, 0.05) is 23.5 Å². The third-order valence-corrected chi connectivity index (χ3v) is 5.03. The Morgan fingerprint density at radius 2 is 2.08 bits per heavy atom. The molecule has 126 valence electrons. The first-order valence-electron chi connectivity index (χ1n) is 7.96. The number of thiophene rings is 1. The lowest BCUT2D eigenvalue weighted by molar-refractivity contribution is -0.123. The Kier molecular flexibility index (Phi) is 5.15. The number of anilines is 1. The minimum absolute atomic E-state index is 0.0214. The second-order valence-corrected chi connectivity index (χ2v) is 6.74. The van der Waals surface area contributed by atoms with E-state index in [1.165, 1.54) is 5.56 Å². The highest BCUT2D eigenvalue weighted by Gasteiger charge is 2.21. The second kappa shape index (κ2) is 7.49. The van der Waals surface area contributed by atoms with Gasteiger partial charge in [-0.15, -0.1) is 11.3 Å². The van der Waals surface area contributed by atoms with Crippen LogP contribution in [0.15, 0.2) is 35.7 Å². The fourth-order valence-corrected chi connectivity index (χ4v) is 3.45. The molecule has 1 fully saturated rings. The Balaban J connectivity index is 1.47. The molecule has 24 heavy (non-hydrogen) atoms. The second-order valence-electron chi connectivity index (χ2n) is 5.74. The maximum absolute atomic E-state index is 11.9. The first kappa shape index (κ1) is 16.5. The van der Waals surface area contributed by atoms with Crippen LogP contribution in [0.1, 0.15) is 23.3 Å². The lowest BCUT2D eigenvalue weighted by atomic mass is 10.3. The van der Waals surface area contributed by atoms with Crippen molar-refractivity contribution in [1.82, 2.24) is 5.32 Å². The van der Waals surface area contributed by atoms with Crippen LogP contribution in [0.5, 0.6) is 5.75 Å². The minimum Gasteiger partial charge on any atom is -0.484 e. The van der Waals surface area contributed by atoms with Crippen molar-refractivity contribution < 1.29 is 14.3 Å². The summed E-state index contributed by atoms with van der Waals surface area (Å²) in [5.41, 5.74) is 2.07. The summed E-state index contributed by atoms with van der Waals surface area (Å²) in [6.07, 6.45) is 1.52. The van der Waals surface area contributed by atoms with E-state index in [-0.39, 0.29) is 18.4 Å². The highest BCUT2D eigenvalue weighted by Crippen LogP contribution is 2.23. The van der Waals surface area contributed by atoms with Crippen molar-refractivity contribution in [3.63, 3.8) is 0 Å². The van der Waals surface area contributed by atoms with E-state index in [1.54, 1.807) is 28.4 Å². The fourth-order valence-electron chi connectivity index (χ4n) is 2.61. The molecular weight excluding hydrogens is 324 g/mol. The van der Waals surface area contributed by atoms with Crippen molar-refractivity contribution in [2.45, 2.75) is 26.3 Å². The first-order valence-corrected chi connectivity index (χ1v) is 8.84. The molecule has 1 aromatic heterocycles. The van der Waals surface area contributed by atoms with Crippen molar-refractivity contribution in [1.29, 1.82) is 0 Å². The molecule has 0 bridgehead atoms. The average Bonchev–Trinajstić information content (AvgIpc) is 3.20. The summed E-state index contributed by atoms with van der Waals surface area (Å²) in [6, 6.07) is 9.32. The highest BCUT2D eigenvalue weighted by atomic mass is 32.1. The SMILES string of the molecule is Cc1ccsc1CNC(=O)COc1ccc(N2CCCC2=O)cc1. The molecular formula is C18H20N2O3S. The van der Waals surface area contributed by atoms with Gasteiger partial charge in [0.25, 0.3) is 5.91 Å². The number of carbonyl (C=O) groups excluding carboxylic acids is 2. The molecule has 1 aliphatic rings. The van der Waals surface area contributed by atoms with Gasteiger partial charge in [0.05, 0.1) is 6.54 Å². The number of aryl methyl sites for hydroxylation is 1.